The van der Waals surface area contributed by atoms with Crippen LogP contribution in [-0.4, -0.2) is 39.7 Å². The Kier molecular flexibility index (Phi) is 6.90. The Morgan fingerprint density at radius 2 is 1.79 bits per heavy atom. The number of nitrogens with zero attached hydrogens (tertiary/aromatic N) is 1. The number of carboxylic acid groups (broad SMARTS) is 1. The monoisotopic (exact) mass is 465 g/mol. The molecule has 3 N–H and O–H groups in total. The number of carbonyl (C=O) groups is 2. The van der Waals surface area contributed by atoms with Crippen molar-refractivity contribution in [3.63, 3.8) is 0 Å². The first-order valence-electron chi connectivity index (χ1n) is 9.44. The number of H-pyrrole nitrogens is 1. The number of fused-ring (bicyclic) bond motifs is 1. The molecule has 0 unspecified atom stereocenters. The van der Waals surface area contributed by atoms with Crippen molar-refractivity contribution < 1.29 is 36.6 Å². The molecule has 4 rings (SSSR count). The zero-order chi connectivity index (χ0) is 24.2. The summed E-state index contributed by atoms with van der Waals surface area (Å²) in [6.45, 7) is 0.629. The number of carboxylic acids is 1. The van der Waals surface area contributed by atoms with E-state index < -0.39 is 23.8 Å². The third kappa shape index (κ3) is 6.03. The zero-order valence-corrected chi connectivity index (χ0v) is 16.7. The number of halogens is 5. The Bertz CT molecular complexity index is 1220. The van der Waals surface area contributed by atoms with Gasteiger partial charge in [-0.15, -0.1) is 0 Å². The molecule has 1 aliphatic heterocycles. The minimum atomic E-state index is -5.08. The van der Waals surface area contributed by atoms with E-state index in [0.717, 1.165) is 35.5 Å². The topological polar surface area (TPSA) is 95.1 Å². The third-order valence-electron chi connectivity index (χ3n) is 4.53. The van der Waals surface area contributed by atoms with Gasteiger partial charge in [0.2, 0.25) is 0 Å². The molecular weight excluding hydrogens is 449 g/mol. The number of aromatic amines is 1. The number of nitrogens with one attached hydrogen (secondary N) is 2. The fraction of sp³-hybridized carbons (Fsp3) is 0.136. The van der Waals surface area contributed by atoms with Crippen LogP contribution in [-0.2, 0) is 11.2 Å². The maximum atomic E-state index is 13.3. The molecule has 2 aromatic heterocycles. The van der Waals surface area contributed by atoms with E-state index in [0.29, 0.717) is 23.4 Å². The van der Waals surface area contributed by atoms with Gasteiger partial charge in [0.1, 0.15) is 0 Å². The average Bonchev–Trinajstić information content (AvgIpc) is 3.20. The van der Waals surface area contributed by atoms with Crippen LogP contribution in [0, 0.1) is 11.6 Å². The molecular formula is C22H16F5N3O3. The SMILES string of the molecule is O=C(O)C(F)(F)F.O=C1NCCc2[nH]c(-c3ccnc(/C=C/c4ccc(F)c(F)c4)c3)cc21. The molecule has 6 nitrogen and oxygen atoms in total. The van der Waals surface area contributed by atoms with E-state index in [1.807, 2.05) is 18.2 Å². The van der Waals surface area contributed by atoms with E-state index in [1.54, 1.807) is 18.3 Å². The lowest BCUT2D eigenvalue weighted by Gasteiger charge is -2.10. The molecule has 3 aromatic rings. The van der Waals surface area contributed by atoms with Gasteiger partial charge < -0.3 is 15.4 Å². The summed E-state index contributed by atoms with van der Waals surface area (Å²) < 4.78 is 58.0. The molecule has 1 amide bonds. The van der Waals surface area contributed by atoms with Gasteiger partial charge in [0.25, 0.3) is 5.91 Å². The Morgan fingerprint density at radius 3 is 2.42 bits per heavy atom. The number of aromatic nitrogens is 2. The van der Waals surface area contributed by atoms with Crippen LogP contribution in [0.3, 0.4) is 0 Å². The lowest BCUT2D eigenvalue weighted by Crippen LogP contribution is -2.31. The normalized spacial score (nSPS) is 13.2. The van der Waals surface area contributed by atoms with Crippen LogP contribution in [0.1, 0.15) is 27.3 Å². The van der Waals surface area contributed by atoms with E-state index in [-0.39, 0.29) is 5.91 Å². The maximum absolute atomic E-state index is 13.3. The molecule has 33 heavy (non-hydrogen) atoms. The average molecular weight is 465 g/mol. The van der Waals surface area contributed by atoms with Crippen LogP contribution in [0.4, 0.5) is 22.0 Å². The van der Waals surface area contributed by atoms with Crippen molar-refractivity contribution in [1.82, 2.24) is 15.3 Å². The largest absolute Gasteiger partial charge is 0.490 e. The summed E-state index contributed by atoms with van der Waals surface area (Å²) >= 11 is 0. The summed E-state index contributed by atoms with van der Waals surface area (Å²) in [5.74, 6) is -4.58. The van der Waals surface area contributed by atoms with Gasteiger partial charge in [-0.05, 0) is 42.0 Å². The van der Waals surface area contributed by atoms with Crippen LogP contribution >= 0.6 is 0 Å². The molecule has 0 saturated heterocycles. The molecule has 0 spiro atoms. The van der Waals surface area contributed by atoms with Gasteiger partial charge in [-0.2, -0.15) is 13.2 Å². The van der Waals surface area contributed by atoms with Gasteiger partial charge in [0.05, 0.1) is 11.3 Å². The Labute approximate surface area is 183 Å². The number of benzene rings is 1. The highest BCUT2D eigenvalue weighted by Gasteiger charge is 2.38. The number of alkyl halides is 3. The summed E-state index contributed by atoms with van der Waals surface area (Å²) in [6.07, 6.45) is 0.753. The summed E-state index contributed by atoms with van der Waals surface area (Å²) in [5.41, 5.74) is 4.55. The Hall–Kier alpha value is -4.02. The quantitative estimate of drug-likeness (QED) is 0.499. The number of carbonyl (C=O) groups excluding carboxylic acids is 1. The molecule has 0 radical (unpaired) electrons. The second-order valence-corrected chi connectivity index (χ2v) is 6.86. The summed E-state index contributed by atoms with van der Waals surface area (Å²) in [4.78, 5) is 28.4. The Balaban J connectivity index is 0.000000383. The van der Waals surface area contributed by atoms with Gasteiger partial charge in [0.15, 0.2) is 11.6 Å². The number of amides is 1. The van der Waals surface area contributed by atoms with Crippen LogP contribution < -0.4 is 5.32 Å². The molecule has 0 bridgehead atoms. The van der Waals surface area contributed by atoms with Crippen LogP contribution in [0.5, 0.6) is 0 Å². The summed E-state index contributed by atoms with van der Waals surface area (Å²) in [6, 6.07) is 9.27. The molecule has 0 saturated carbocycles. The Morgan fingerprint density at radius 1 is 1.06 bits per heavy atom. The first kappa shape index (κ1) is 23.6. The predicted octanol–water partition coefficient (Wildman–Crippen LogP) is 4.44. The second-order valence-electron chi connectivity index (χ2n) is 6.86. The van der Waals surface area contributed by atoms with E-state index in [1.165, 1.54) is 6.07 Å². The van der Waals surface area contributed by atoms with E-state index in [4.69, 9.17) is 9.90 Å². The van der Waals surface area contributed by atoms with Crippen molar-refractivity contribution in [3.8, 4) is 11.3 Å². The van der Waals surface area contributed by atoms with Crippen molar-refractivity contribution in [2.75, 3.05) is 6.54 Å². The fourth-order valence-corrected chi connectivity index (χ4v) is 2.95. The minimum absolute atomic E-state index is 0.0683. The molecule has 11 heteroatoms. The predicted molar refractivity (Wildman–Crippen MR) is 109 cm³/mol. The van der Waals surface area contributed by atoms with Gasteiger partial charge in [-0.25, -0.2) is 13.6 Å². The number of aliphatic carboxylic acids is 1. The molecule has 0 aliphatic carbocycles. The van der Waals surface area contributed by atoms with E-state index in [9.17, 15) is 26.7 Å². The van der Waals surface area contributed by atoms with Crippen LogP contribution in [0.2, 0.25) is 0 Å². The minimum Gasteiger partial charge on any atom is -0.475 e. The van der Waals surface area contributed by atoms with Gasteiger partial charge >= 0.3 is 12.1 Å². The van der Waals surface area contributed by atoms with E-state index in [2.05, 4.69) is 15.3 Å². The molecule has 1 aliphatic rings. The summed E-state index contributed by atoms with van der Waals surface area (Å²) in [5, 5.41) is 9.95. The first-order valence-corrected chi connectivity index (χ1v) is 9.44. The molecule has 1 aromatic carbocycles. The maximum Gasteiger partial charge on any atom is 0.490 e. The molecule has 172 valence electrons. The number of pyridine rings is 1. The zero-order valence-electron chi connectivity index (χ0n) is 16.7. The lowest BCUT2D eigenvalue weighted by molar-refractivity contribution is -0.192. The number of hydrogen-bond donors (Lipinski definition) is 3. The van der Waals surface area contributed by atoms with Crippen molar-refractivity contribution >= 4 is 24.0 Å². The third-order valence-corrected chi connectivity index (χ3v) is 4.53. The van der Waals surface area contributed by atoms with Crippen molar-refractivity contribution in [1.29, 1.82) is 0 Å². The van der Waals surface area contributed by atoms with Gasteiger partial charge in [-0.1, -0.05) is 12.1 Å². The highest BCUT2D eigenvalue weighted by atomic mass is 19.4. The highest BCUT2D eigenvalue weighted by molar-refractivity contribution is 5.97. The fourth-order valence-electron chi connectivity index (χ4n) is 2.95. The van der Waals surface area contributed by atoms with Crippen molar-refractivity contribution in [2.45, 2.75) is 12.6 Å². The first-order chi connectivity index (χ1) is 15.5. The van der Waals surface area contributed by atoms with Crippen molar-refractivity contribution in [2.24, 2.45) is 0 Å². The van der Waals surface area contributed by atoms with Crippen LogP contribution in [0.25, 0.3) is 23.4 Å². The number of rotatable bonds is 3. The highest BCUT2D eigenvalue weighted by Crippen LogP contribution is 2.24. The van der Waals surface area contributed by atoms with Gasteiger partial charge in [-0.3, -0.25) is 9.78 Å². The standard InChI is InChI=1S/C20H15F2N3O.C2HF3O2/c21-16-4-2-12(9-17(16)22)1-3-14-10-13(5-7-23-14)19-11-15-18(25-19)6-8-24-20(15)26;3-2(4,5)1(6)7/h1-5,7,9-11,25H,6,8H2,(H,24,26);(H,6,7)/b3-1+;. The molecule has 0 fully saturated rings. The summed E-state index contributed by atoms with van der Waals surface area (Å²) in [7, 11) is 0. The second kappa shape index (κ2) is 9.63. The van der Waals surface area contributed by atoms with Gasteiger partial charge in [0, 0.05) is 36.1 Å². The number of hydrogen-bond acceptors (Lipinski definition) is 3. The smallest absolute Gasteiger partial charge is 0.475 e. The van der Waals surface area contributed by atoms with Crippen LogP contribution in [0.15, 0.2) is 42.6 Å². The molecule has 3 heterocycles. The lowest BCUT2D eigenvalue weighted by atomic mass is 10.1. The van der Waals surface area contributed by atoms with E-state index >= 15 is 0 Å². The van der Waals surface area contributed by atoms with Crippen molar-refractivity contribution in [3.05, 3.63) is 76.7 Å². The molecule has 0 atom stereocenters.